The molecule has 0 radical (unpaired) electrons. The summed E-state index contributed by atoms with van der Waals surface area (Å²) in [7, 11) is 0. The molecule has 4 rings (SSSR count). The summed E-state index contributed by atoms with van der Waals surface area (Å²) in [4.78, 5) is 22.0. The van der Waals surface area contributed by atoms with Crippen LogP contribution in [0.4, 0.5) is 11.6 Å². The Morgan fingerprint density at radius 2 is 2.00 bits per heavy atom. The molecule has 0 unspecified atom stereocenters. The molecule has 6 heteroatoms. The van der Waals surface area contributed by atoms with Gasteiger partial charge in [0, 0.05) is 25.2 Å². The van der Waals surface area contributed by atoms with E-state index in [-0.39, 0.29) is 11.3 Å². The molecular formula is C16H22N4O2. The van der Waals surface area contributed by atoms with Crippen molar-refractivity contribution in [2.75, 3.05) is 23.3 Å². The molecule has 0 bridgehead atoms. The maximum absolute atomic E-state index is 11.0. The summed E-state index contributed by atoms with van der Waals surface area (Å²) < 4.78 is 0. The first kappa shape index (κ1) is 13.8. The Morgan fingerprint density at radius 3 is 2.64 bits per heavy atom. The van der Waals surface area contributed by atoms with Crippen molar-refractivity contribution in [1.82, 2.24) is 9.97 Å². The second kappa shape index (κ2) is 5.11. The standard InChI is InChI=1S/C16H22N4O2/c21-15(22)11-8-16(9-11)3-5-20(6-4-16)14-7-13(17-10-18-14)19-12-1-2-12/h7,10-12H,1-6,8-9H2,(H,21,22)(H,17,18,19). The molecule has 3 fully saturated rings. The second-order valence-corrected chi connectivity index (χ2v) is 7.11. The van der Waals surface area contributed by atoms with E-state index in [1.54, 1.807) is 6.33 Å². The predicted molar refractivity (Wildman–Crippen MR) is 82.9 cm³/mol. The van der Waals surface area contributed by atoms with Crippen molar-refractivity contribution >= 4 is 17.6 Å². The molecule has 0 aromatic carbocycles. The molecule has 1 aromatic heterocycles. The molecule has 2 saturated carbocycles. The number of nitrogens with zero attached hydrogens (tertiary/aromatic N) is 3. The summed E-state index contributed by atoms with van der Waals surface area (Å²) in [5.41, 5.74) is 0.279. The Morgan fingerprint density at radius 1 is 1.27 bits per heavy atom. The van der Waals surface area contributed by atoms with Gasteiger partial charge in [-0.05, 0) is 43.9 Å². The number of carbonyl (C=O) groups is 1. The van der Waals surface area contributed by atoms with Gasteiger partial charge in [0.25, 0.3) is 0 Å². The third kappa shape index (κ3) is 2.62. The van der Waals surface area contributed by atoms with Gasteiger partial charge < -0.3 is 15.3 Å². The number of hydrogen-bond donors (Lipinski definition) is 2. The van der Waals surface area contributed by atoms with Crippen LogP contribution in [0.3, 0.4) is 0 Å². The van der Waals surface area contributed by atoms with E-state index in [0.29, 0.717) is 6.04 Å². The molecule has 1 spiro atoms. The molecule has 6 nitrogen and oxygen atoms in total. The quantitative estimate of drug-likeness (QED) is 0.887. The van der Waals surface area contributed by atoms with Gasteiger partial charge in [-0.25, -0.2) is 9.97 Å². The minimum Gasteiger partial charge on any atom is -0.481 e. The first-order valence-electron chi connectivity index (χ1n) is 8.20. The van der Waals surface area contributed by atoms with Crippen molar-refractivity contribution < 1.29 is 9.90 Å². The predicted octanol–water partition coefficient (Wildman–Crippen LogP) is 2.13. The van der Waals surface area contributed by atoms with E-state index in [9.17, 15) is 4.79 Å². The molecular weight excluding hydrogens is 280 g/mol. The number of aromatic nitrogens is 2. The maximum Gasteiger partial charge on any atom is 0.306 e. The average Bonchev–Trinajstić information content (AvgIpc) is 3.29. The van der Waals surface area contributed by atoms with E-state index >= 15 is 0 Å². The highest BCUT2D eigenvalue weighted by Crippen LogP contribution is 2.52. The summed E-state index contributed by atoms with van der Waals surface area (Å²) in [5, 5.41) is 12.5. The van der Waals surface area contributed by atoms with Crippen LogP contribution in [0.15, 0.2) is 12.4 Å². The van der Waals surface area contributed by atoms with Gasteiger partial charge >= 0.3 is 5.97 Å². The number of aliphatic carboxylic acids is 1. The van der Waals surface area contributed by atoms with Gasteiger partial charge in [0.2, 0.25) is 0 Å². The summed E-state index contributed by atoms with van der Waals surface area (Å²) >= 11 is 0. The molecule has 118 valence electrons. The number of piperidine rings is 1. The lowest BCUT2D eigenvalue weighted by Crippen LogP contribution is -2.49. The number of carboxylic acids is 1. The van der Waals surface area contributed by atoms with Gasteiger partial charge in [0.05, 0.1) is 5.92 Å². The Hall–Kier alpha value is -1.85. The Balaban J connectivity index is 1.36. The lowest BCUT2D eigenvalue weighted by molar-refractivity contribution is -0.151. The van der Waals surface area contributed by atoms with Gasteiger partial charge in [0.15, 0.2) is 0 Å². The SMILES string of the molecule is O=C(O)C1CC2(CCN(c3cc(NC4CC4)ncn3)CC2)C1. The van der Waals surface area contributed by atoms with Crippen LogP contribution in [-0.2, 0) is 4.79 Å². The highest BCUT2D eigenvalue weighted by Gasteiger charge is 2.48. The lowest BCUT2D eigenvalue weighted by Gasteiger charge is -2.51. The van der Waals surface area contributed by atoms with Gasteiger partial charge in [-0.3, -0.25) is 4.79 Å². The van der Waals surface area contributed by atoms with Crippen LogP contribution >= 0.6 is 0 Å². The first-order chi connectivity index (χ1) is 10.6. The van der Waals surface area contributed by atoms with Gasteiger partial charge in [-0.15, -0.1) is 0 Å². The molecule has 22 heavy (non-hydrogen) atoms. The molecule has 1 aromatic rings. The highest BCUT2D eigenvalue weighted by atomic mass is 16.4. The maximum atomic E-state index is 11.0. The fraction of sp³-hybridized carbons (Fsp3) is 0.688. The van der Waals surface area contributed by atoms with Crippen LogP contribution in [-0.4, -0.2) is 40.2 Å². The molecule has 2 heterocycles. The van der Waals surface area contributed by atoms with E-state index in [0.717, 1.165) is 50.4 Å². The van der Waals surface area contributed by atoms with E-state index in [2.05, 4.69) is 20.2 Å². The number of anilines is 2. The van der Waals surface area contributed by atoms with Crippen LogP contribution in [0.5, 0.6) is 0 Å². The van der Waals surface area contributed by atoms with Crippen LogP contribution in [0.2, 0.25) is 0 Å². The molecule has 1 aliphatic heterocycles. The third-order valence-corrected chi connectivity index (χ3v) is 5.44. The number of carboxylic acid groups (broad SMARTS) is 1. The summed E-state index contributed by atoms with van der Waals surface area (Å²) in [6.07, 6.45) is 7.96. The first-order valence-corrected chi connectivity index (χ1v) is 8.20. The van der Waals surface area contributed by atoms with E-state index in [1.807, 2.05) is 6.07 Å². The van der Waals surface area contributed by atoms with Crippen molar-refractivity contribution in [2.24, 2.45) is 11.3 Å². The second-order valence-electron chi connectivity index (χ2n) is 7.11. The molecule has 2 aliphatic carbocycles. The summed E-state index contributed by atoms with van der Waals surface area (Å²) in [6, 6.07) is 2.63. The van der Waals surface area contributed by atoms with E-state index in [1.165, 1.54) is 12.8 Å². The number of hydrogen-bond acceptors (Lipinski definition) is 5. The van der Waals surface area contributed by atoms with Gasteiger partial charge in [-0.2, -0.15) is 0 Å². The highest BCUT2D eigenvalue weighted by molar-refractivity contribution is 5.71. The Labute approximate surface area is 129 Å². The monoisotopic (exact) mass is 302 g/mol. The molecule has 0 atom stereocenters. The lowest BCUT2D eigenvalue weighted by atomic mass is 9.57. The normalized spacial score (nSPS) is 24.1. The molecule has 1 saturated heterocycles. The number of nitrogens with one attached hydrogen (secondary N) is 1. The van der Waals surface area contributed by atoms with Crippen molar-refractivity contribution in [3.63, 3.8) is 0 Å². The third-order valence-electron chi connectivity index (χ3n) is 5.44. The smallest absolute Gasteiger partial charge is 0.306 e. The van der Waals surface area contributed by atoms with Crippen molar-refractivity contribution in [2.45, 2.75) is 44.6 Å². The van der Waals surface area contributed by atoms with Crippen LogP contribution < -0.4 is 10.2 Å². The number of rotatable bonds is 4. The van der Waals surface area contributed by atoms with Crippen molar-refractivity contribution in [3.8, 4) is 0 Å². The zero-order valence-corrected chi connectivity index (χ0v) is 12.7. The summed E-state index contributed by atoms with van der Waals surface area (Å²) in [6.45, 7) is 1.93. The Bertz CT molecular complexity index is 571. The van der Waals surface area contributed by atoms with Crippen LogP contribution in [0, 0.1) is 11.3 Å². The minimum atomic E-state index is -0.625. The zero-order chi connectivity index (χ0) is 15.2. The van der Waals surface area contributed by atoms with Crippen LogP contribution in [0.25, 0.3) is 0 Å². The molecule has 3 aliphatic rings. The van der Waals surface area contributed by atoms with Gasteiger partial charge in [0.1, 0.15) is 18.0 Å². The fourth-order valence-electron chi connectivity index (χ4n) is 3.81. The average molecular weight is 302 g/mol. The largest absolute Gasteiger partial charge is 0.481 e. The molecule has 2 N–H and O–H groups in total. The van der Waals surface area contributed by atoms with Crippen molar-refractivity contribution in [1.29, 1.82) is 0 Å². The summed E-state index contributed by atoms with van der Waals surface area (Å²) in [5.74, 6) is 1.17. The van der Waals surface area contributed by atoms with E-state index in [4.69, 9.17) is 5.11 Å². The topological polar surface area (TPSA) is 78.4 Å². The minimum absolute atomic E-state index is 0.111. The Kier molecular flexibility index (Phi) is 3.20. The molecule has 0 amide bonds. The van der Waals surface area contributed by atoms with Gasteiger partial charge in [-0.1, -0.05) is 0 Å². The van der Waals surface area contributed by atoms with E-state index < -0.39 is 5.97 Å². The zero-order valence-electron chi connectivity index (χ0n) is 12.7. The van der Waals surface area contributed by atoms with Crippen LogP contribution in [0.1, 0.15) is 38.5 Å². The van der Waals surface area contributed by atoms with Crippen molar-refractivity contribution in [3.05, 3.63) is 12.4 Å². The fourth-order valence-corrected chi connectivity index (χ4v) is 3.81.